The number of amides is 2. The van der Waals surface area contributed by atoms with Gasteiger partial charge in [-0.1, -0.05) is 24.3 Å². The summed E-state index contributed by atoms with van der Waals surface area (Å²) >= 11 is 0. The summed E-state index contributed by atoms with van der Waals surface area (Å²) in [6.45, 7) is 4.56. The highest BCUT2D eigenvalue weighted by Gasteiger charge is 2.20. The zero-order valence-electron chi connectivity index (χ0n) is 15.1. The van der Waals surface area contributed by atoms with E-state index in [9.17, 15) is 14.0 Å². The van der Waals surface area contributed by atoms with Gasteiger partial charge in [0, 0.05) is 11.3 Å². The van der Waals surface area contributed by atoms with Gasteiger partial charge < -0.3 is 9.80 Å². The molecule has 2 amide bonds. The van der Waals surface area contributed by atoms with Crippen molar-refractivity contribution >= 4 is 17.5 Å². The minimum absolute atomic E-state index is 0.165. The minimum Gasteiger partial charge on any atom is -0.360 e. The number of carbonyl (C=O) groups excluding carboxylic acids is 2. The van der Waals surface area contributed by atoms with E-state index in [0.29, 0.717) is 13.0 Å². The maximum Gasteiger partial charge on any atom is 0.269 e. The first-order valence-electron chi connectivity index (χ1n) is 9.10. The third-order valence-electron chi connectivity index (χ3n) is 4.70. The monoisotopic (exact) mass is 371 g/mol. The largest absolute Gasteiger partial charge is 0.360 e. The molecule has 0 aromatic heterocycles. The second kappa shape index (κ2) is 9.14. The number of carbonyl (C=O) groups is 2. The van der Waals surface area contributed by atoms with Gasteiger partial charge in [-0.3, -0.25) is 20.4 Å². The molecule has 0 atom stereocenters. The van der Waals surface area contributed by atoms with Crippen LogP contribution in [0.2, 0.25) is 0 Å². The average Bonchev–Trinajstić information content (AvgIpc) is 2.71. The molecule has 1 saturated heterocycles. The molecule has 7 heteroatoms. The van der Waals surface area contributed by atoms with Crippen molar-refractivity contribution in [2.24, 2.45) is 0 Å². The number of piperazine rings is 1. The van der Waals surface area contributed by atoms with Crippen LogP contribution >= 0.6 is 0 Å². The van der Waals surface area contributed by atoms with Gasteiger partial charge in [-0.2, -0.15) is 0 Å². The molecule has 3 N–H and O–H groups in total. The van der Waals surface area contributed by atoms with Crippen molar-refractivity contribution in [3.63, 3.8) is 0 Å². The number of hydrogen-bond acceptors (Lipinski definition) is 3. The predicted octanol–water partition coefficient (Wildman–Crippen LogP) is 0.382. The molecule has 0 bridgehead atoms. The fourth-order valence-electron chi connectivity index (χ4n) is 3.15. The van der Waals surface area contributed by atoms with E-state index in [-0.39, 0.29) is 11.5 Å². The zero-order valence-corrected chi connectivity index (χ0v) is 15.1. The molecule has 0 radical (unpaired) electrons. The molecular weight excluding hydrogens is 347 g/mol. The molecule has 1 fully saturated rings. The Bertz CT molecular complexity index is 777. The van der Waals surface area contributed by atoms with E-state index in [0.717, 1.165) is 32.2 Å². The summed E-state index contributed by atoms with van der Waals surface area (Å²) in [6, 6.07) is 15.6. The third kappa shape index (κ3) is 5.52. The van der Waals surface area contributed by atoms with Gasteiger partial charge in [0.2, 0.25) is 5.91 Å². The first kappa shape index (κ1) is 18.8. The summed E-state index contributed by atoms with van der Waals surface area (Å²) in [5.41, 5.74) is 6.11. The summed E-state index contributed by atoms with van der Waals surface area (Å²) in [5, 5.41) is 0. The van der Waals surface area contributed by atoms with E-state index in [1.165, 1.54) is 28.8 Å². The average molecular weight is 371 g/mol. The van der Waals surface area contributed by atoms with Gasteiger partial charge in [-0.05, 0) is 30.3 Å². The van der Waals surface area contributed by atoms with Crippen molar-refractivity contribution in [1.29, 1.82) is 0 Å². The molecule has 1 heterocycles. The lowest BCUT2D eigenvalue weighted by molar-refractivity contribution is -0.900. The fraction of sp³-hybridized carbons (Fsp3) is 0.300. The summed E-state index contributed by atoms with van der Waals surface area (Å²) in [5.74, 6) is -1.28. The number of nitrogens with one attached hydrogen (secondary N) is 3. The number of benzene rings is 2. The van der Waals surface area contributed by atoms with E-state index in [1.54, 1.807) is 0 Å². The third-order valence-corrected chi connectivity index (χ3v) is 4.70. The number of hydrazine groups is 1. The molecule has 1 aliphatic heterocycles. The van der Waals surface area contributed by atoms with Crippen LogP contribution in [-0.2, 0) is 4.79 Å². The van der Waals surface area contributed by atoms with Gasteiger partial charge in [0.15, 0.2) is 0 Å². The Morgan fingerprint density at radius 3 is 2.44 bits per heavy atom. The normalized spacial score (nSPS) is 14.6. The van der Waals surface area contributed by atoms with Crippen molar-refractivity contribution in [2.45, 2.75) is 6.42 Å². The van der Waals surface area contributed by atoms with Crippen LogP contribution < -0.4 is 20.7 Å². The number of hydrogen-bond donors (Lipinski definition) is 3. The molecule has 6 nitrogen and oxygen atoms in total. The molecule has 27 heavy (non-hydrogen) atoms. The van der Waals surface area contributed by atoms with Crippen LogP contribution in [-0.4, -0.2) is 44.5 Å². The van der Waals surface area contributed by atoms with Crippen molar-refractivity contribution in [3.8, 4) is 0 Å². The van der Waals surface area contributed by atoms with Crippen molar-refractivity contribution in [3.05, 3.63) is 66.0 Å². The van der Waals surface area contributed by atoms with Gasteiger partial charge >= 0.3 is 0 Å². The lowest BCUT2D eigenvalue weighted by Crippen LogP contribution is -3.15. The Kier molecular flexibility index (Phi) is 6.38. The van der Waals surface area contributed by atoms with E-state index < -0.39 is 11.7 Å². The first-order valence-corrected chi connectivity index (χ1v) is 9.10. The molecule has 3 rings (SSSR count). The van der Waals surface area contributed by atoms with E-state index in [4.69, 9.17) is 0 Å². The number of para-hydroxylation sites is 1. The number of anilines is 1. The van der Waals surface area contributed by atoms with Crippen LogP contribution in [0.3, 0.4) is 0 Å². The Morgan fingerprint density at radius 1 is 1.00 bits per heavy atom. The lowest BCUT2D eigenvalue weighted by atomic mass is 10.2. The fourth-order valence-corrected chi connectivity index (χ4v) is 3.15. The van der Waals surface area contributed by atoms with Gasteiger partial charge in [0.25, 0.3) is 5.91 Å². The topological polar surface area (TPSA) is 65.9 Å². The molecule has 0 spiro atoms. The van der Waals surface area contributed by atoms with Crippen molar-refractivity contribution in [1.82, 2.24) is 10.9 Å². The van der Waals surface area contributed by atoms with Crippen LogP contribution in [0, 0.1) is 5.82 Å². The van der Waals surface area contributed by atoms with Crippen LogP contribution in [0.5, 0.6) is 0 Å². The van der Waals surface area contributed by atoms with Crippen molar-refractivity contribution < 1.29 is 18.9 Å². The second-order valence-electron chi connectivity index (χ2n) is 6.59. The molecule has 1 aliphatic rings. The Balaban J connectivity index is 1.36. The summed E-state index contributed by atoms with van der Waals surface area (Å²) in [7, 11) is 0. The SMILES string of the molecule is O=C(CC[NH+]1CCN(c2ccccc2)CC1)NNC(=O)c1cccc(F)c1. The summed E-state index contributed by atoms with van der Waals surface area (Å²) < 4.78 is 13.1. The van der Waals surface area contributed by atoms with E-state index in [1.807, 2.05) is 18.2 Å². The predicted molar refractivity (Wildman–Crippen MR) is 101 cm³/mol. The van der Waals surface area contributed by atoms with Gasteiger partial charge in [-0.25, -0.2) is 4.39 Å². The zero-order chi connectivity index (χ0) is 19.1. The Hall–Kier alpha value is -2.93. The van der Waals surface area contributed by atoms with Crippen molar-refractivity contribution in [2.75, 3.05) is 37.6 Å². The van der Waals surface area contributed by atoms with E-state index in [2.05, 4.69) is 27.9 Å². The molecule has 0 unspecified atom stereocenters. The lowest BCUT2D eigenvalue weighted by Gasteiger charge is -2.33. The molecular formula is C20H24FN4O2+. The number of quaternary nitrogens is 1. The number of nitrogens with zero attached hydrogens (tertiary/aromatic N) is 1. The van der Waals surface area contributed by atoms with Gasteiger partial charge in [0.1, 0.15) is 5.82 Å². The van der Waals surface area contributed by atoms with Gasteiger partial charge in [-0.15, -0.1) is 0 Å². The number of halogens is 1. The van der Waals surface area contributed by atoms with Gasteiger partial charge in [0.05, 0.1) is 39.1 Å². The standard InChI is InChI=1S/C20H23FN4O2/c21-17-6-4-5-16(15-17)20(27)23-22-19(26)9-10-24-11-13-25(14-12-24)18-7-2-1-3-8-18/h1-8,15H,9-14H2,(H,22,26)(H,23,27)/p+1. The quantitative estimate of drug-likeness (QED) is 0.666. The molecule has 142 valence electrons. The second-order valence-corrected chi connectivity index (χ2v) is 6.59. The molecule has 0 aliphatic carbocycles. The smallest absolute Gasteiger partial charge is 0.269 e. The number of rotatable bonds is 5. The highest BCUT2D eigenvalue weighted by atomic mass is 19.1. The summed E-state index contributed by atoms with van der Waals surface area (Å²) in [6.07, 6.45) is 0.324. The molecule has 0 saturated carbocycles. The molecule has 2 aromatic carbocycles. The van der Waals surface area contributed by atoms with Crippen LogP contribution in [0.1, 0.15) is 16.8 Å². The maximum atomic E-state index is 13.1. The minimum atomic E-state index is -0.535. The van der Waals surface area contributed by atoms with Crippen LogP contribution in [0.4, 0.5) is 10.1 Å². The van der Waals surface area contributed by atoms with Crippen LogP contribution in [0.25, 0.3) is 0 Å². The molecule has 2 aromatic rings. The Labute approximate surface area is 157 Å². The summed E-state index contributed by atoms with van der Waals surface area (Å²) in [4.78, 5) is 27.5. The first-order chi connectivity index (χ1) is 13.1. The van der Waals surface area contributed by atoms with Crippen LogP contribution in [0.15, 0.2) is 54.6 Å². The van der Waals surface area contributed by atoms with E-state index >= 15 is 0 Å². The highest BCUT2D eigenvalue weighted by molar-refractivity contribution is 5.95. The maximum absolute atomic E-state index is 13.1. The highest BCUT2D eigenvalue weighted by Crippen LogP contribution is 2.12. The Morgan fingerprint density at radius 2 is 1.74 bits per heavy atom.